The Balaban J connectivity index is 2.80. The molecule has 110 valence electrons. The first kappa shape index (κ1) is 16.8. The summed E-state index contributed by atoms with van der Waals surface area (Å²) in [7, 11) is 1.50. The zero-order valence-electron chi connectivity index (χ0n) is 11.5. The molecule has 4 nitrogen and oxygen atoms in total. The van der Waals surface area contributed by atoms with Gasteiger partial charge in [0.1, 0.15) is 6.42 Å². The first-order chi connectivity index (χ1) is 9.47. The topological polar surface area (TPSA) is 58.2 Å². The van der Waals surface area contributed by atoms with Crippen molar-refractivity contribution < 1.29 is 9.59 Å². The Hall–Kier alpha value is -1.26. The molecule has 0 saturated carbocycles. The van der Waals surface area contributed by atoms with E-state index in [0.29, 0.717) is 10.0 Å². The Labute approximate surface area is 128 Å². The first-order valence-corrected chi connectivity index (χ1v) is 7.18. The summed E-state index contributed by atoms with van der Waals surface area (Å²) < 4.78 is 0. The predicted octanol–water partition coefficient (Wildman–Crippen LogP) is 3.09. The molecule has 0 aliphatic carbocycles. The average Bonchev–Trinajstić information content (AvgIpc) is 2.41. The summed E-state index contributed by atoms with van der Waals surface area (Å²) >= 11 is 11.9. The molecule has 0 fully saturated rings. The minimum absolute atomic E-state index is 0.174. The van der Waals surface area contributed by atoms with Gasteiger partial charge in [0.15, 0.2) is 0 Å². The van der Waals surface area contributed by atoms with Gasteiger partial charge in [-0.05, 0) is 24.1 Å². The lowest BCUT2D eigenvalue weighted by Gasteiger charge is -2.19. The summed E-state index contributed by atoms with van der Waals surface area (Å²) in [6, 6.07) is 5.10. The van der Waals surface area contributed by atoms with Crippen molar-refractivity contribution in [2.75, 3.05) is 7.05 Å². The van der Waals surface area contributed by atoms with Crippen molar-refractivity contribution in [2.45, 2.75) is 32.2 Å². The zero-order valence-corrected chi connectivity index (χ0v) is 13.0. The van der Waals surface area contributed by atoms with Crippen molar-refractivity contribution in [1.82, 2.24) is 10.6 Å². The fraction of sp³-hybridized carbons (Fsp3) is 0.429. The Kier molecular flexibility index (Phi) is 6.82. The van der Waals surface area contributed by atoms with Crippen LogP contribution in [0.25, 0.3) is 0 Å². The fourth-order valence-electron chi connectivity index (χ4n) is 1.82. The van der Waals surface area contributed by atoms with Crippen LogP contribution in [0, 0.1) is 0 Å². The van der Waals surface area contributed by atoms with Crippen molar-refractivity contribution in [2.24, 2.45) is 0 Å². The molecule has 1 atom stereocenters. The molecule has 0 aliphatic heterocycles. The van der Waals surface area contributed by atoms with Crippen LogP contribution in [0.5, 0.6) is 0 Å². The molecule has 0 unspecified atom stereocenters. The van der Waals surface area contributed by atoms with Gasteiger partial charge in [-0.2, -0.15) is 0 Å². The van der Waals surface area contributed by atoms with Crippen molar-refractivity contribution in [3.8, 4) is 0 Å². The molecule has 20 heavy (non-hydrogen) atoms. The molecule has 0 aromatic heterocycles. The number of carbonyl (C=O) groups is 2. The van der Waals surface area contributed by atoms with Crippen LogP contribution in [-0.2, 0) is 9.59 Å². The molecule has 1 aromatic carbocycles. The van der Waals surface area contributed by atoms with Gasteiger partial charge in [0.25, 0.3) is 0 Å². The Bertz CT molecular complexity index is 492. The minimum Gasteiger partial charge on any atom is -0.359 e. The van der Waals surface area contributed by atoms with Crippen LogP contribution < -0.4 is 10.6 Å². The van der Waals surface area contributed by atoms with Gasteiger partial charge in [-0.25, -0.2) is 0 Å². The second-order valence-corrected chi connectivity index (χ2v) is 5.25. The highest BCUT2D eigenvalue weighted by Gasteiger charge is 2.16. The van der Waals surface area contributed by atoms with Gasteiger partial charge in [-0.3, -0.25) is 9.59 Å². The summed E-state index contributed by atoms with van der Waals surface area (Å²) in [4.78, 5) is 23.0. The highest BCUT2D eigenvalue weighted by Crippen LogP contribution is 2.27. The van der Waals surface area contributed by atoms with E-state index in [-0.39, 0.29) is 24.3 Å². The monoisotopic (exact) mass is 316 g/mol. The quantitative estimate of drug-likeness (QED) is 0.792. The Morgan fingerprint density at radius 1 is 1.20 bits per heavy atom. The molecule has 0 saturated heterocycles. The highest BCUT2D eigenvalue weighted by molar-refractivity contribution is 6.42. The summed E-state index contributed by atoms with van der Waals surface area (Å²) in [5.74, 6) is -0.624. The standard InChI is InChI=1S/C14H18Cl2N2O2/c1-3-4-12(18-14(20)8-13(19)17-2)9-5-6-10(15)11(16)7-9/h5-7,12H,3-4,8H2,1-2H3,(H,17,19)(H,18,20)/t12-/m1/s1. The maximum atomic E-state index is 11.8. The van der Waals surface area contributed by atoms with Crippen LogP contribution >= 0.6 is 23.2 Å². The van der Waals surface area contributed by atoms with E-state index in [0.717, 1.165) is 18.4 Å². The third kappa shape index (κ3) is 5.02. The van der Waals surface area contributed by atoms with Gasteiger partial charge in [0, 0.05) is 7.05 Å². The predicted molar refractivity (Wildman–Crippen MR) is 80.9 cm³/mol. The molecule has 2 N–H and O–H groups in total. The summed E-state index contributed by atoms with van der Waals surface area (Å²) in [5, 5.41) is 6.19. The average molecular weight is 317 g/mol. The smallest absolute Gasteiger partial charge is 0.229 e. The number of rotatable bonds is 6. The number of benzene rings is 1. The second kappa shape index (κ2) is 8.12. The number of amides is 2. The number of nitrogens with one attached hydrogen (secondary N) is 2. The third-order valence-electron chi connectivity index (χ3n) is 2.86. The van der Waals surface area contributed by atoms with E-state index in [9.17, 15) is 9.59 Å². The lowest BCUT2D eigenvalue weighted by Crippen LogP contribution is -2.33. The molecule has 0 spiro atoms. The van der Waals surface area contributed by atoms with Crippen molar-refractivity contribution >= 4 is 35.0 Å². The zero-order chi connectivity index (χ0) is 15.1. The lowest BCUT2D eigenvalue weighted by molar-refractivity contribution is -0.129. The molecular formula is C14H18Cl2N2O2. The number of hydrogen-bond acceptors (Lipinski definition) is 2. The molecule has 6 heteroatoms. The molecule has 0 bridgehead atoms. The van der Waals surface area contributed by atoms with E-state index in [1.54, 1.807) is 12.1 Å². The van der Waals surface area contributed by atoms with E-state index >= 15 is 0 Å². The van der Waals surface area contributed by atoms with Crippen LogP contribution in [0.2, 0.25) is 10.0 Å². The third-order valence-corrected chi connectivity index (χ3v) is 3.60. The van der Waals surface area contributed by atoms with Gasteiger partial charge in [-0.1, -0.05) is 42.6 Å². The van der Waals surface area contributed by atoms with E-state index < -0.39 is 0 Å². The normalized spacial score (nSPS) is 11.8. The number of carbonyl (C=O) groups excluding carboxylic acids is 2. The van der Waals surface area contributed by atoms with Gasteiger partial charge in [0.05, 0.1) is 16.1 Å². The SMILES string of the molecule is CCC[C@@H](NC(=O)CC(=O)NC)c1ccc(Cl)c(Cl)c1. The first-order valence-electron chi connectivity index (χ1n) is 6.42. The molecule has 0 heterocycles. The van der Waals surface area contributed by atoms with Gasteiger partial charge in [0.2, 0.25) is 11.8 Å². The van der Waals surface area contributed by atoms with E-state index in [2.05, 4.69) is 10.6 Å². The molecule has 1 rings (SSSR count). The highest BCUT2D eigenvalue weighted by atomic mass is 35.5. The van der Waals surface area contributed by atoms with E-state index in [1.165, 1.54) is 7.05 Å². The minimum atomic E-state index is -0.313. The van der Waals surface area contributed by atoms with E-state index in [4.69, 9.17) is 23.2 Å². The Morgan fingerprint density at radius 3 is 2.45 bits per heavy atom. The summed E-state index contributed by atoms with van der Waals surface area (Å²) in [6.45, 7) is 2.02. The fourth-order valence-corrected chi connectivity index (χ4v) is 2.13. The van der Waals surface area contributed by atoms with Crippen molar-refractivity contribution in [3.05, 3.63) is 33.8 Å². The maximum Gasteiger partial charge on any atom is 0.229 e. The summed E-state index contributed by atoms with van der Waals surface area (Å²) in [6.07, 6.45) is 1.47. The molecule has 0 radical (unpaired) electrons. The second-order valence-electron chi connectivity index (χ2n) is 4.43. The van der Waals surface area contributed by atoms with Gasteiger partial charge < -0.3 is 10.6 Å². The largest absolute Gasteiger partial charge is 0.359 e. The number of halogens is 2. The molecule has 2 amide bonds. The van der Waals surface area contributed by atoms with Crippen molar-refractivity contribution in [3.63, 3.8) is 0 Å². The molecular weight excluding hydrogens is 299 g/mol. The van der Waals surface area contributed by atoms with Crippen molar-refractivity contribution in [1.29, 1.82) is 0 Å². The van der Waals surface area contributed by atoms with Crippen LogP contribution in [0.15, 0.2) is 18.2 Å². The number of hydrogen-bond donors (Lipinski definition) is 2. The Morgan fingerprint density at radius 2 is 1.90 bits per heavy atom. The molecule has 0 aliphatic rings. The lowest BCUT2D eigenvalue weighted by atomic mass is 10.0. The van der Waals surface area contributed by atoms with Gasteiger partial charge >= 0.3 is 0 Å². The van der Waals surface area contributed by atoms with Crippen LogP contribution in [0.3, 0.4) is 0 Å². The molecule has 1 aromatic rings. The van der Waals surface area contributed by atoms with Crippen LogP contribution in [-0.4, -0.2) is 18.9 Å². The summed E-state index contributed by atoms with van der Waals surface area (Å²) in [5.41, 5.74) is 0.881. The van der Waals surface area contributed by atoms with Gasteiger partial charge in [-0.15, -0.1) is 0 Å². The van der Waals surface area contributed by atoms with E-state index in [1.807, 2.05) is 13.0 Å². The van der Waals surface area contributed by atoms with Crippen LogP contribution in [0.1, 0.15) is 37.8 Å². The van der Waals surface area contributed by atoms with Crippen LogP contribution in [0.4, 0.5) is 0 Å². The maximum absolute atomic E-state index is 11.8.